The first-order valence-electron chi connectivity index (χ1n) is 4.15. The summed E-state index contributed by atoms with van der Waals surface area (Å²) in [6, 6.07) is 0. The number of amides is 1. The quantitative estimate of drug-likeness (QED) is 0.397. The lowest BCUT2D eigenvalue weighted by Gasteiger charge is -1.95. The van der Waals surface area contributed by atoms with Gasteiger partial charge in [0.05, 0.1) is 0 Å². The highest BCUT2D eigenvalue weighted by atomic mass is 16.5. The summed E-state index contributed by atoms with van der Waals surface area (Å²) >= 11 is 0. The third-order valence-electron chi connectivity index (χ3n) is 1.17. The Hall–Kier alpha value is -1.76. The van der Waals surface area contributed by atoms with Gasteiger partial charge in [-0.15, -0.1) is 0 Å². The van der Waals surface area contributed by atoms with Gasteiger partial charge >= 0.3 is 5.97 Å². The monoisotopic (exact) mass is 195 g/mol. The van der Waals surface area contributed by atoms with Crippen LogP contribution >= 0.6 is 0 Å². The van der Waals surface area contributed by atoms with Crippen molar-refractivity contribution >= 4 is 11.9 Å². The molecule has 0 aliphatic rings. The van der Waals surface area contributed by atoms with Gasteiger partial charge in [-0.25, -0.2) is 0 Å². The summed E-state index contributed by atoms with van der Waals surface area (Å²) in [5.74, 6) is 4.18. The molecule has 0 saturated heterocycles. The molecule has 0 aliphatic heterocycles. The molecule has 0 aromatic rings. The Morgan fingerprint density at radius 1 is 1.43 bits per heavy atom. The van der Waals surface area contributed by atoms with Crippen molar-refractivity contribution in [1.29, 1.82) is 0 Å². The number of nitrogens with one attached hydrogen (secondary N) is 1. The molecule has 76 valence electrons. The molecule has 0 spiro atoms. The van der Waals surface area contributed by atoms with Gasteiger partial charge in [-0.2, -0.15) is 0 Å². The van der Waals surface area contributed by atoms with Crippen molar-refractivity contribution in [3.05, 3.63) is 12.2 Å². The van der Waals surface area contributed by atoms with Crippen molar-refractivity contribution in [2.75, 3.05) is 13.2 Å². The zero-order chi connectivity index (χ0) is 10.8. The van der Waals surface area contributed by atoms with E-state index >= 15 is 0 Å². The number of carbonyl (C=O) groups excluding carboxylic acids is 2. The van der Waals surface area contributed by atoms with E-state index < -0.39 is 0 Å². The summed E-state index contributed by atoms with van der Waals surface area (Å²) in [4.78, 5) is 21.1. The molecule has 0 saturated carbocycles. The predicted octanol–water partition coefficient (Wildman–Crippen LogP) is 0.245. The van der Waals surface area contributed by atoms with Crippen LogP contribution in [0.5, 0.6) is 0 Å². The summed E-state index contributed by atoms with van der Waals surface area (Å²) in [7, 11) is 0. The number of hydrogen-bond donors (Lipinski definition) is 1. The van der Waals surface area contributed by atoms with Crippen LogP contribution in [-0.4, -0.2) is 25.0 Å². The molecule has 14 heavy (non-hydrogen) atoms. The largest absolute Gasteiger partial charge is 0.462 e. The second-order valence-electron chi connectivity index (χ2n) is 2.36. The van der Waals surface area contributed by atoms with Crippen LogP contribution in [0.1, 0.15) is 13.8 Å². The Morgan fingerprint density at radius 3 is 2.71 bits per heavy atom. The highest BCUT2D eigenvalue weighted by Gasteiger charge is 1.90. The first kappa shape index (κ1) is 12.2. The highest BCUT2D eigenvalue weighted by molar-refractivity contribution is 5.93. The van der Waals surface area contributed by atoms with Gasteiger partial charge in [0.1, 0.15) is 6.61 Å². The molecule has 1 N–H and O–H groups in total. The Bertz CT molecular complexity index is 283. The zero-order valence-electron chi connectivity index (χ0n) is 8.29. The van der Waals surface area contributed by atoms with E-state index in [1.807, 2.05) is 0 Å². The predicted molar refractivity (Wildman–Crippen MR) is 52.2 cm³/mol. The minimum absolute atomic E-state index is 0.227. The van der Waals surface area contributed by atoms with Gasteiger partial charge in [-0.3, -0.25) is 9.59 Å². The maximum Gasteiger partial charge on any atom is 0.302 e. The van der Waals surface area contributed by atoms with Gasteiger partial charge in [-0.05, 0) is 18.9 Å². The number of carbonyl (C=O) groups is 2. The van der Waals surface area contributed by atoms with Gasteiger partial charge < -0.3 is 10.1 Å². The average Bonchev–Trinajstić information content (AvgIpc) is 2.11. The van der Waals surface area contributed by atoms with Crippen LogP contribution in [0.25, 0.3) is 0 Å². The standard InChI is InChI=1S/C10H13NO3/c1-3-6-10(13)11-7-4-5-8-14-9(2)12/h4-5H,7-8H2,1-2H3,(H,11,13)/b5-4+. The molecular weight excluding hydrogens is 182 g/mol. The molecule has 0 aliphatic carbocycles. The zero-order valence-corrected chi connectivity index (χ0v) is 8.29. The normalized spacial score (nSPS) is 9.00. The van der Waals surface area contributed by atoms with Gasteiger partial charge in [-0.1, -0.05) is 12.0 Å². The average molecular weight is 195 g/mol. The van der Waals surface area contributed by atoms with Crippen LogP contribution in [0.15, 0.2) is 12.2 Å². The van der Waals surface area contributed by atoms with Crippen molar-refractivity contribution in [2.45, 2.75) is 13.8 Å². The Kier molecular flexibility index (Phi) is 6.88. The lowest BCUT2D eigenvalue weighted by atomic mass is 10.5. The first-order valence-corrected chi connectivity index (χ1v) is 4.15. The molecule has 0 bridgehead atoms. The number of rotatable bonds is 4. The molecule has 0 unspecified atom stereocenters. The van der Waals surface area contributed by atoms with E-state index in [2.05, 4.69) is 21.9 Å². The maximum absolute atomic E-state index is 10.8. The topological polar surface area (TPSA) is 55.4 Å². The second kappa shape index (κ2) is 7.87. The Morgan fingerprint density at radius 2 is 2.14 bits per heavy atom. The smallest absolute Gasteiger partial charge is 0.302 e. The van der Waals surface area contributed by atoms with Crippen molar-refractivity contribution in [1.82, 2.24) is 5.32 Å². The van der Waals surface area contributed by atoms with Crippen LogP contribution in [0.4, 0.5) is 0 Å². The van der Waals surface area contributed by atoms with Crippen LogP contribution in [0, 0.1) is 11.8 Å². The summed E-state index contributed by atoms with van der Waals surface area (Å²) < 4.78 is 4.63. The third kappa shape index (κ3) is 8.34. The highest BCUT2D eigenvalue weighted by Crippen LogP contribution is 1.78. The van der Waals surface area contributed by atoms with E-state index in [9.17, 15) is 9.59 Å². The van der Waals surface area contributed by atoms with Gasteiger partial charge in [0.15, 0.2) is 0 Å². The molecule has 0 atom stereocenters. The van der Waals surface area contributed by atoms with Crippen molar-refractivity contribution in [3.63, 3.8) is 0 Å². The first-order chi connectivity index (χ1) is 6.66. The van der Waals surface area contributed by atoms with Crippen LogP contribution in [0.2, 0.25) is 0 Å². The molecule has 0 aromatic carbocycles. The fourth-order valence-electron chi connectivity index (χ4n) is 0.626. The number of esters is 1. The minimum Gasteiger partial charge on any atom is -0.462 e. The van der Waals surface area contributed by atoms with E-state index in [4.69, 9.17) is 0 Å². The summed E-state index contributed by atoms with van der Waals surface area (Å²) in [5, 5.41) is 2.53. The lowest BCUT2D eigenvalue weighted by molar-refractivity contribution is -0.139. The van der Waals surface area contributed by atoms with E-state index in [1.54, 1.807) is 19.1 Å². The van der Waals surface area contributed by atoms with Crippen molar-refractivity contribution in [2.24, 2.45) is 0 Å². The molecule has 0 rings (SSSR count). The molecule has 0 fully saturated rings. The van der Waals surface area contributed by atoms with E-state index in [0.29, 0.717) is 6.54 Å². The fourth-order valence-corrected chi connectivity index (χ4v) is 0.626. The van der Waals surface area contributed by atoms with E-state index in [1.165, 1.54) is 6.92 Å². The molecule has 0 aromatic heterocycles. The van der Waals surface area contributed by atoms with E-state index in [-0.39, 0.29) is 18.5 Å². The van der Waals surface area contributed by atoms with E-state index in [0.717, 1.165) is 0 Å². The molecule has 0 heterocycles. The maximum atomic E-state index is 10.8. The summed E-state index contributed by atoms with van der Waals surface area (Å²) in [5.41, 5.74) is 0. The van der Waals surface area contributed by atoms with Crippen LogP contribution in [-0.2, 0) is 14.3 Å². The van der Waals surface area contributed by atoms with Crippen molar-refractivity contribution in [3.8, 4) is 11.8 Å². The van der Waals surface area contributed by atoms with Crippen LogP contribution in [0.3, 0.4) is 0 Å². The Labute approximate surface area is 83.3 Å². The summed E-state index contributed by atoms with van der Waals surface area (Å²) in [6.07, 6.45) is 3.35. The SMILES string of the molecule is CC#CC(=O)NC/C=C/COC(C)=O. The summed E-state index contributed by atoms with van der Waals surface area (Å²) in [6.45, 7) is 3.54. The number of hydrogen-bond acceptors (Lipinski definition) is 3. The molecule has 4 heteroatoms. The Balaban J connectivity index is 3.47. The number of ether oxygens (including phenoxy) is 1. The van der Waals surface area contributed by atoms with Gasteiger partial charge in [0.2, 0.25) is 0 Å². The molecule has 1 amide bonds. The van der Waals surface area contributed by atoms with Crippen molar-refractivity contribution < 1.29 is 14.3 Å². The molecule has 0 radical (unpaired) electrons. The molecular formula is C10H13NO3. The van der Waals surface area contributed by atoms with Gasteiger partial charge in [0, 0.05) is 13.5 Å². The minimum atomic E-state index is -0.324. The van der Waals surface area contributed by atoms with Gasteiger partial charge in [0.25, 0.3) is 5.91 Å². The van der Waals surface area contributed by atoms with Crippen LogP contribution < -0.4 is 5.32 Å². The second-order valence-corrected chi connectivity index (χ2v) is 2.36. The lowest BCUT2D eigenvalue weighted by Crippen LogP contribution is -2.21. The molecule has 4 nitrogen and oxygen atoms in total. The fraction of sp³-hybridized carbons (Fsp3) is 0.400. The third-order valence-corrected chi connectivity index (χ3v) is 1.17.